The Kier molecular flexibility index (Phi) is 11.0. The SMILES string of the molecule is CCCCCCCCC(NCC)C(C)C(C)C. The van der Waals surface area contributed by atoms with E-state index < -0.39 is 0 Å². The van der Waals surface area contributed by atoms with Crippen LogP contribution in [0.5, 0.6) is 0 Å². The van der Waals surface area contributed by atoms with Gasteiger partial charge in [0.05, 0.1) is 0 Å². The highest BCUT2D eigenvalue weighted by Gasteiger charge is 2.18. The summed E-state index contributed by atoms with van der Waals surface area (Å²) in [6.45, 7) is 12.7. The first-order chi connectivity index (χ1) is 8.13. The fourth-order valence-electron chi connectivity index (χ4n) is 2.42. The predicted molar refractivity (Wildman–Crippen MR) is 79.5 cm³/mol. The number of hydrogen-bond acceptors (Lipinski definition) is 1. The zero-order valence-corrected chi connectivity index (χ0v) is 12.9. The topological polar surface area (TPSA) is 12.0 Å². The highest BCUT2D eigenvalue weighted by atomic mass is 14.9. The van der Waals surface area contributed by atoms with Crippen LogP contribution in [0.4, 0.5) is 0 Å². The summed E-state index contributed by atoms with van der Waals surface area (Å²) in [5.74, 6) is 1.59. The molecule has 0 fully saturated rings. The number of unbranched alkanes of at least 4 members (excludes halogenated alkanes) is 5. The highest BCUT2D eigenvalue weighted by molar-refractivity contribution is 4.75. The molecule has 0 radical (unpaired) electrons. The zero-order valence-electron chi connectivity index (χ0n) is 12.9. The van der Waals surface area contributed by atoms with Gasteiger partial charge in [0.2, 0.25) is 0 Å². The average molecular weight is 241 g/mol. The molecule has 17 heavy (non-hydrogen) atoms. The molecule has 0 aromatic rings. The Hall–Kier alpha value is -0.0400. The summed E-state index contributed by atoms with van der Waals surface area (Å²) in [5, 5.41) is 3.67. The summed E-state index contributed by atoms with van der Waals surface area (Å²) >= 11 is 0. The molecular formula is C16H35N. The molecule has 0 aliphatic heterocycles. The summed E-state index contributed by atoms with van der Waals surface area (Å²) in [6.07, 6.45) is 9.82. The van der Waals surface area contributed by atoms with Gasteiger partial charge in [-0.3, -0.25) is 0 Å². The Morgan fingerprint density at radius 3 is 1.94 bits per heavy atom. The highest BCUT2D eigenvalue weighted by Crippen LogP contribution is 2.19. The maximum atomic E-state index is 3.67. The fraction of sp³-hybridized carbons (Fsp3) is 1.00. The minimum atomic E-state index is 0.728. The lowest BCUT2D eigenvalue weighted by molar-refractivity contribution is 0.282. The van der Waals surface area contributed by atoms with Gasteiger partial charge in [-0.25, -0.2) is 0 Å². The van der Waals surface area contributed by atoms with Crippen LogP contribution in [0.3, 0.4) is 0 Å². The van der Waals surface area contributed by atoms with Gasteiger partial charge in [-0.1, -0.05) is 73.1 Å². The van der Waals surface area contributed by atoms with E-state index in [1.807, 2.05) is 0 Å². The fourth-order valence-corrected chi connectivity index (χ4v) is 2.42. The molecule has 0 aliphatic carbocycles. The lowest BCUT2D eigenvalue weighted by Crippen LogP contribution is -2.37. The van der Waals surface area contributed by atoms with Crippen LogP contribution in [0.2, 0.25) is 0 Å². The molecule has 0 aromatic heterocycles. The van der Waals surface area contributed by atoms with Crippen molar-refractivity contribution in [3.8, 4) is 0 Å². The van der Waals surface area contributed by atoms with Crippen molar-refractivity contribution >= 4 is 0 Å². The Labute approximate surface area is 110 Å². The van der Waals surface area contributed by atoms with Crippen LogP contribution in [0, 0.1) is 11.8 Å². The molecule has 0 spiro atoms. The third-order valence-electron chi connectivity index (χ3n) is 4.02. The minimum Gasteiger partial charge on any atom is -0.314 e. The summed E-state index contributed by atoms with van der Waals surface area (Å²) < 4.78 is 0. The first kappa shape index (κ1) is 17.0. The maximum absolute atomic E-state index is 3.67. The molecule has 1 N–H and O–H groups in total. The van der Waals surface area contributed by atoms with Crippen LogP contribution in [-0.2, 0) is 0 Å². The maximum Gasteiger partial charge on any atom is 0.00950 e. The molecule has 0 amide bonds. The second-order valence-corrected chi connectivity index (χ2v) is 5.82. The van der Waals surface area contributed by atoms with Crippen LogP contribution < -0.4 is 5.32 Å². The zero-order chi connectivity index (χ0) is 13.1. The average Bonchev–Trinajstić information content (AvgIpc) is 2.31. The van der Waals surface area contributed by atoms with Crippen LogP contribution in [-0.4, -0.2) is 12.6 Å². The minimum absolute atomic E-state index is 0.728. The molecule has 2 unspecified atom stereocenters. The molecular weight excluding hydrogens is 206 g/mol. The van der Waals surface area contributed by atoms with Crippen molar-refractivity contribution in [1.29, 1.82) is 0 Å². The molecule has 0 rings (SSSR count). The van der Waals surface area contributed by atoms with Crippen molar-refractivity contribution in [3.63, 3.8) is 0 Å². The van der Waals surface area contributed by atoms with Crippen molar-refractivity contribution in [2.45, 2.75) is 85.6 Å². The summed E-state index contributed by atoms with van der Waals surface area (Å²) in [6, 6.07) is 0.728. The first-order valence-corrected chi connectivity index (χ1v) is 7.86. The van der Waals surface area contributed by atoms with Gasteiger partial charge in [-0.15, -0.1) is 0 Å². The smallest absolute Gasteiger partial charge is 0.00950 e. The van der Waals surface area contributed by atoms with E-state index in [-0.39, 0.29) is 0 Å². The lowest BCUT2D eigenvalue weighted by Gasteiger charge is -2.27. The van der Waals surface area contributed by atoms with Gasteiger partial charge in [-0.2, -0.15) is 0 Å². The molecule has 104 valence electrons. The largest absolute Gasteiger partial charge is 0.314 e. The molecule has 0 heterocycles. The normalized spacial score (nSPS) is 15.2. The third-order valence-corrected chi connectivity index (χ3v) is 4.02. The van der Waals surface area contributed by atoms with E-state index in [2.05, 4.69) is 39.9 Å². The van der Waals surface area contributed by atoms with E-state index in [0.717, 1.165) is 24.4 Å². The van der Waals surface area contributed by atoms with Gasteiger partial charge in [0.15, 0.2) is 0 Å². The molecule has 0 bridgehead atoms. The molecule has 2 atom stereocenters. The van der Waals surface area contributed by atoms with Crippen molar-refractivity contribution in [1.82, 2.24) is 5.32 Å². The van der Waals surface area contributed by atoms with E-state index in [1.165, 1.54) is 44.9 Å². The van der Waals surface area contributed by atoms with Crippen molar-refractivity contribution in [2.75, 3.05) is 6.54 Å². The summed E-state index contributed by atoms with van der Waals surface area (Å²) in [4.78, 5) is 0. The Bertz CT molecular complexity index is 154. The molecule has 0 aliphatic rings. The van der Waals surface area contributed by atoms with E-state index in [9.17, 15) is 0 Å². The number of nitrogens with one attached hydrogen (secondary N) is 1. The van der Waals surface area contributed by atoms with Crippen LogP contribution in [0.25, 0.3) is 0 Å². The van der Waals surface area contributed by atoms with Crippen molar-refractivity contribution < 1.29 is 0 Å². The lowest BCUT2D eigenvalue weighted by atomic mass is 9.87. The Balaban J connectivity index is 3.70. The van der Waals surface area contributed by atoms with E-state index in [4.69, 9.17) is 0 Å². The second kappa shape index (κ2) is 11.1. The molecule has 0 saturated carbocycles. The first-order valence-electron chi connectivity index (χ1n) is 7.86. The summed E-state index contributed by atoms with van der Waals surface area (Å²) in [7, 11) is 0. The van der Waals surface area contributed by atoms with Gasteiger partial charge in [0.1, 0.15) is 0 Å². The number of hydrogen-bond donors (Lipinski definition) is 1. The van der Waals surface area contributed by atoms with Crippen LogP contribution >= 0.6 is 0 Å². The standard InChI is InChI=1S/C16H35N/c1-6-8-9-10-11-12-13-16(17-7-2)15(5)14(3)4/h14-17H,6-13H2,1-5H3. The quantitative estimate of drug-likeness (QED) is 0.502. The third kappa shape index (κ3) is 8.65. The molecule has 0 saturated heterocycles. The van der Waals surface area contributed by atoms with Gasteiger partial charge >= 0.3 is 0 Å². The second-order valence-electron chi connectivity index (χ2n) is 5.82. The monoisotopic (exact) mass is 241 g/mol. The number of rotatable bonds is 11. The van der Waals surface area contributed by atoms with E-state index in [1.54, 1.807) is 0 Å². The van der Waals surface area contributed by atoms with E-state index >= 15 is 0 Å². The van der Waals surface area contributed by atoms with Gasteiger partial charge in [0.25, 0.3) is 0 Å². The van der Waals surface area contributed by atoms with Crippen LogP contribution in [0.15, 0.2) is 0 Å². The van der Waals surface area contributed by atoms with Gasteiger partial charge in [0, 0.05) is 6.04 Å². The molecule has 1 nitrogen and oxygen atoms in total. The Morgan fingerprint density at radius 2 is 1.41 bits per heavy atom. The van der Waals surface area contributed by atoms with E-state index in [0.29, 0.717) is 0 Å². The van der Waals surface area contributed by atoms with Gasteiger partial charge < -0.3 is 5.32 Å². The van der Waals surface area contributed by atoms with Crippen molar-refractivity contribution in [3.05, 3.63) is 0 Å². The Morgan fingerprint density at radius 1 is 0.824 bits per heavy atom. The van der Waals surface area contributed by atoms with Crippen LogP contribution in [0.1, 0.15) is 79.6 Å². The molecule has 1 heteroatoms. The predicted octanol–water partition coefficient (Wildman–Crippen LogP) is 5.01. The summed E-state index contributed by atoms with van der Waals surface area (Å²) in [5.41, 5.74) is 0. The molecule has 0 aromatic carbocycles. The van der Waals surface area contributed by atoms with Gasteiger partial charge in [-0.05, 0) is 24.8 Å². The van der Waals surface area contributed by atoms with Crippen molar-refractivity contribution in [2.24, 2.45) is 11.8 Å².